The molecule has 2 aromatic carbocycles. The maximum atomic E-state index is 14.0. The van der Waals surface area contributed by atoms with Gasteiger partial charge in [-0.15, -0.1) is 0 Å². The van der Waals surface area contributed by atoms with Gasteiger partial charge in [-0.25, -0.2) is 0 Å². The van der Waals surface area contributed by atoms with Crippen molar-refractivity contribution in [1.29, 1.82) is 0 Å². The van der Waals surface area contributed by atoms with Crippen molar-refractivity contribution in [2.24, 2.45) is 22.8 Å². The van der Waals surface area contributed by atoms with Crippen LogP contribution in [0.3, 0.4) is 0 Å². The summed E-state index contributed by atoms with van der Waals surface area (Å²) in [6, 6.07) is 15.1. The number of hydrogen-bond acceptors (Lipinski definition) is 7. The second-order valence-corrected chi connectivity index (χ2v) is 14.5. The topological polar surface area (TPSA) is 189 Å². The Bertz CT molecular complexity index is 1450. The van der Waals surface area contributed by atoms with Crippen molar-refractivity contribution in [3.63, 3.8) is 0 Å². The molecule has 4 atom stereocenters. The van der Waals surface area contributed by atoms with Crippen LogP contribution in [0.1, 0.15) is 76.3 Å². The Labute approximate surface area is 302 Å². The zero-order chi connectivity index (χ0) is 36.8. The average molecular weight is 704 g/mol. The monoisotopic (exact) mass is 703 g/mol. The molecule has 2 aliphatic heterocycles. The highest BCUT2D eigenvalue weighted by atomic mass is 16.2. The molecule has 8 N–H and O–H groups in total. The standard InChI is InChI=1S/C39H57N7O5/c1-27(2)24-32(35(48)43-31(16-10-5-11-20-40)37(50)46-22-18-39(19-23-46)17-21-42-38(39)51)45-36(49)33(26-29-14-8-4-9-15-29)44-34(47)30(41)25-28-12-6-3-7-13-28/h3-4,6-9,12-15,27,30-33H,5,10-11,16-26,40-41H2,1-2H3,(H,42,51)(H,43,48)(H,44,47)(H,45,49)/t30-,31-,32-,33-/m1/s1. The molecule has 278 valence electrons. The van der Waals surface area contributed by atoms with Crippen LogP contribution in [0.4, 0.5) is 0 Å². The first-order chi connectivity index (χ1) is 24.5. The maximum Gasteiger partial charge on any atom is 0.245 e. The number of carbonyl (C=O) groups is 5. The number of unbranched alkanes of at least 4 members (excludes halogenated alkanes) is 2. The molecule has 0 aromatic heterocycles. The minimum absolute atomic E-state index is 0.0389. The number of amides is 5. The molecule has 2 heterocycles. The van der Waals surface area contributed by atoms with Gasteiger partial charge in [0.1, 0.15) is 18.1 Å². The van der Waals surface area contributed by atoms with Crippen LogP contribution in [-0.4, -0.2) is 84.8 Å². The number of nitrogens with zero attached hydrogens (tertiary/aromatic N) is 1. The Kier molecular flexibility index (Phi) is 15.0. The van der Waals surface area contributed by atoms with E-state index in [1.54, 1.807) is 4.90 Å². The van der Waals surface area contributed by atoms with Crippen LogP contribution in [0.15, 0.2) is 60.7 Å². The minimum Gasteiger partial charge on any atom is -0.356 e. The number of nitrogens with one attached hydrogen (secondary N) is 4. The fraction of sp³-hybridized carbons (Fsp3) is 0.564. The highest BCUT2D eigenvalue weighted by Gasteiger charge is 2.45. The second-order valence-electron chi connectivity index (χ2n) is 14.5. The van der Waals surface area contributed by atoms with Crippen molar-refractivity contribution in [3.05, 3.63) is 71.8 Å². The van der Waals surface area contributed by atoms with Crippen molar-refractivity contribution in [2.75, 3.05) is 26.2 Å². The van der Waals surface area contributed by atoms with Gasteiger partial charge in [0.05, 0.1) is 11.5 Å². The summed E-state index contributed by atoms with van der Waals surface area (Å²) in [5.41, 5.74) is 13.3. The lowest BCUT2D eigenvalue weighted by Crippen LogP contribution is -2.59. The smallest absolute Gasteiger partial charge is 0.245 e. The van der Waals surface area contributed by atoms with Gasteiger partial charge in [0.2, 0.25) is 29.5 Å². The maximum absolute atomic E-state index is 14.0. The number of likely N-dealkylation sites (tertiary alicyclic amines) is 1. The number of hydrogen-bond donors (Lipinski definition) is 6. The van der Waals surface area contributed by atoms with Crippen molar-refractivity contribution in [1.82, 2.24) is 26.2 Å². The van der Waals surface area contributed by atoms with Crippen LogP contribution >= 0.6 is 0 Å². The minimum atomic E-state index is -0.994. The molecule has 2 saturated heterocycles. The van der Waals surface area contributed by atoms with E-state index < -0.39 is 47.3 Å². The van der Waals surface area contributed by atoms with Gasteiger partial charge in [0.25, 0.3) is 0 Å². The third-order valence-corrected chi connectivity index (χ3v) is 10.1. The third kappa shape index (κ3) is 11.6. The average Bonchev–Trinajstić information content (AvgIpc) is 3.47. The molecule has 0 saturated carbocycles. The van der Waals surface area contributed by atoms with Gasteiger partial charge in [-0.05, 0) is 68.5 Å². The number of nitrogens with two attached hydrogens (primary N) is 2. The quantitative estimate of drug-likeness (QED) is 0.128. The summed E-state index contributed by atoms with van der Waals surface area (Å²) < 4.78 is 0. The summed E-state index contributed by atoms with van der Waals surface area (Å²) in [7, 11) is 0. The van der Waals surface area contributed by atoms with Crippen molar-refractivity contribution in [2.45, 2.75) is 102 Å². The van der Waals surface area contributed by atoms with Gasteiger partial charge in [-0.2, -0.15) is 0 Å². The molecule has 1 spiro atoms. The molecule has 0 unspecified atom stereocenters. The van der Waals surface area contributed by atoms with E-state index >= 15 is 0 Å². The normalized spacial score (nSPS) is 17.7. The van der Waals surface area contributed by atoms with Gasteiger partial charge in [-0.1, -0.05) is 87.4 Å². The fourth-order valence-corrected chi connectivity index (χ4v) is 7.04. The molecular weight excluding hydrogens is 646 g/mol. The number of piperidine rings is 1. The summed E-state index contributed by atoms with van der Waals surface area (Å²) in [6.45, 7) is 6.00. The second kappa shape index (κ2) is 19.4. The van der Waals surface area contributed by atoms with Crippen molar-refractivity contribution < 1.29 is 24.0 Å². The van der Waals surface area contributed by atoms with E-state index in [0.29, 0.717) is 64.7 Å². The number of carbonyl (C=O) groups excluding carboxylic acids is 5. The van der Waals surface area contributed by atoms with E-state index in [0.717, 1.165) is 30.4 Å². The first-order valence-corrected chi connectivity index (χ1v) is 18.5. The van der Waals surface area contributed by atoms with Crippen LogP contribution in [-0.2, 0) is 36.8 Å². The lowest BCUT2D eigenvalue weighted by molar-refractivity contribution is -0.142. The highest BCUT2D eigenvalue weighted by molar-refractivity contribution is 5.95. The van der Waals surface area contributed by atoms with Gasteiger partial charge in [-0.3, -0.25) is 24.0 Å². The Morgan fingerprint density at radius 2 is 1.33 bits per heavy atom. The summed E-state index contributed by atoms with van der Waals surface area (Å²) in [5, 5.41) is 11.7. The molecular formula is C39H57N7O5. The molecule has 0 bridgehead atoms. The van der Waals surface area contributed by atoms with E-state index in [1.807, 2.05) is 74.5 Å². The zero-order valence-corrected chi connectivity index (χ0v) is 30.2. The van der Waals surface area contributed by atoms with E-state index in [1.165, 1.54) is 0 Å². The third-order valence-electron chi connectivity index (χ3n) is 10.1. The van der Waals surface area contributed by atoms with Gasteiger partial charge in [0, 0.05) is 26.1 Å². The van der Waals surface area contributed by atoms with Crippen LogP contribution in [0.25, 0.3) is 0 Å². The van der Waals surface area contributed by atoms with E-state index in [-0.39, 0.29) is 24.2 Å². The molecule has 2 aliphatic rings. The van der Waals surface area contributed by atoms with E-state index in [2.05, 4.69) is 21.3 Å². The summed E-state index contributed by atoms with van der Waals surface area (Å²) in [6.07, 6.45) is 5.54. The van der Waals surface area contributed by atoms with E-state index in [9.17, 15) is 24.0 Å². The van der Waals surface area contributed by atoms with Crippen LogP contribution in [0.2, 0.25) is 0 Å². The fourth-order valence-electron chi connectivity index (χ4n) is 7.04. The van der Waals surface area contributed by atoms with Gasteiger partial charge >= 0.3 is 0 Å². The van der Waals surface area contributed by atoms with Gasteiger partial charge in [0.15, 0.2) is 0 Å². The van der Waals surface area contributed by atoms with Gasteiger partial charge < -0.3 is 37.6 Å². The molecule has 12 heteroatoms. The molecule has 51 heavy (non-hydrogen) atoms. The summed E-state index contributed by atoms with van der Waals surface area (Å²) in [5.74, 6) is -1.52. The lowest BCUT2D eigenvalue weighted by Gasteiger charge is -2.39. The predicted molar refractivity (Wildman–Crippen MR) is 197 cm³/mol. The Hall–Kier alpha value is -4.29. The molecule has 0 aliphatic carbocycles. The number of benzene rings is 2. The molecule has 5 amide bonds. The Morgan fingerprint density at radius 3 is 1.90 bits per heavy atom. The molecule has 4 rings (SSSR count). The largest absolute Gasteiger partial charge is 0.356 e. The highest BCUT2D eigenvalue weighted by Crippen LogP contribution is 2.38. The summed E-state index contributed by atoms with van der Waals surface area (Å²) in [4.78, 5) is 69.4. The van der Waals surface area contributed by atoms with Crippen molar-refractivity contribution >= 4 is 29.5 Å². The van der Waals surface area contributed by atoms with Crippen LogP contribution in [0, 0.1) is 11.3 Å². The Balaban J connectivity index is 1.47. The van der Waals surface area contributed by atoms with Crippen LogP contribution < -0.4 is 32.7 Å². The summed E-state index contributed by atoms with van der Waals surface area (Å²) >= 11 is 0. The Morgan fingerprint density at radius 1 is 0.765 bits per heavy atom. The van der Waals surface area contributed by atoms with Crippen molar-refractivity contribution in [3.8, 4) is 0 Å². The SMILES string of the molecule is CC(C)C[C@@H](NC(=O)[C@@H](Cc1ccccc1)NC(=O)[C@H](N)Cc1ccccc1)C(=O)N[C@H](CCCCCN)C(=O)N1CCC2(CCNC2=O)CC1. The number of rotatable bonds is 18. The molecule has 12 nitrogen and oxygen atoms in total. The zero-order valence-electron chi connectivity index (χ0n) is 30.2. The van der Waals surface area contributed by atoms with E-state index in [4.69, 9.17) is 11.5 Å². The molecule has 2 aromatic rings. The predicted octanol–water partition coefficient (Wildman–Crippen LogP) is 1.95. The molecule has 2 fully saturated rings. The first kappa shape index (κ1) is 39.5. The van der Waals surface area contributed by atoms with Crippen LogP contribution in [0.5, 0.6) is 0 Å². The first-order valence-electron chi connectivity index (χ1n) is 18.5. The molecule has 0 radical (unpaired) electrons. The lowest BCUT2D eigenvalue weighted by atomic mass is 9.77.